The summed E-state index contributed by atoms with van der Waals surface area (Å²) >= 11 is 6.66. The van der Waals surface area contributed by atoms with E-state index in [9.17, 15) is 30.8 Å². The molecule has 9 rings (SSSR count). The van der Waals surface area contributed by atoms with E-state index in [-0.39, 0.29) is 58.0 Å². The highest BCUT2D eigenvalue weighted by atomic mass is 35.5. The molecule has 1 fully saturated rings. The Labute approximate surface area is 341 Å². The number of aryl methyl sites for hydroxylation is 2. The number of carbonyl (C=O) groups excluding carboxylic acids is 1. The van der Waals surface area contributed by atoms with E-state index in [2.05, 4.69) is 25.2 Å². The van der Waals surface area contributed by atoms with Crippen LogP contribution in [0.3, 0.4) is 0 Å². The number of pyridine rings is 1. The number of anilines is 1. The molecule has 312 valence electrons. The smallest absolute Gasteiger partial charge is 0.293 e. The van der Waals surface area contributed by atoms with Crippen molar-refractivity contribution in [2.45, 2.75) is 50.1 Å². The number of sulfonamides is 1. The molecule has 3 N–H and O–H groups in total. The molecule has 2 aliphatic carbocycles. The van der Waals surface area contributed by atoms with E-state index in [0.717, 1.165) is 18.4 Å². The van der Waals surface area contributed by atoms with E-state index in [4.69, 9.17) is 21.6 Å². The maximum atomic E-state index is 15.7. The summed E-state index contributed by atoms with van der Waals surface area (Å²) in [7, 11) is -0.457. The lowest BCUT2D eigenvalue weighted by Crippen LogP contribution is -2.36. The SMILES string of the molecule is Cn1ccc(-c2nc3nc([C@H](Cc4cc(F)cc(F)c4)NC(=O)Cn4nc(C(F)F)c5c4C(F)(F)[C@@H]4CC[C@H]54)c(-c4ccc(Cl)c5c(NS(C)(=O)=O)nn(C)c45)cc3[nH]2)c1. The largest absolute Gasteiger partial charge is 0.357 e. The molecule has 0 spiro atoms. The highest BCUT2D eigenvalue weighted by molar-refractivity contribution is 7.92. The first-order valence-corrected chi connectivity index (χ1v) is 20.8. The Morgan fingerprint density at radius 3 is 2.42 bits per heavy atom. The third-order valence-electron chi connectivity index (χ3n) is 11.1. The van der Waals surface area contributed by atoms with Gasteiger partial charge in [-0.2, -0.15) is 19.0 Å². The monoisotopic (exact) mass is 870 g/mol. The van der Waals surface area contributed by atoms with E-state index >= 15 is 8.78 Å². The Hall–Kier alpha value is -5.89. The van der Waals surface area contributed by atoms with Gasteiger partial charge < -0.3 is 14.9 Å². The summed E-state index contributed by atoms with van der Waals surface area (Å²) in [5.41, 5.74) is 0.661. The fourth-order valence-electron chi connectivity index (χ4n) is 8.56. The van der Waals surface area contributed by atoms with Crippen molar-refractivity contribution in [3.63, 3.8) is 0 Å². The van der Waals surface area contributed by atoms with Gasteiger partial charge in [0.2, 0.25) is 15.9 Å². The summed E-state index contributed by atoms with van der Waals surface area (Å²) in [6.07, 6.45) is 1.51. The van der Waals surface area contributed by atoms with Gasteiger partial charge in [-0.25, -0.2) is 35.9 Å². The van der Waals surface area contributed by atoms with Crippen LogP contribution in [0.1, 0.15) is 59.4 Å². The summed E-state index contributed by atoms with van der Waals surface area (Å²) in [5.74, 6) is -7.93. The first-order chi connectivity index (χ1) is 28.4. The molecule has 0 saturated heterocycles. The topological polar surface area (TPSA) is 157 Å². The fourth-order valence-corrected chi connectivity index (χ4v) is 9.29. The summed E-state index contributed by atoms with van der Waals surface area (Å²) < 4.78 is 120. The van der Waals surface area contributed by atoms with Crippen molar-refractivity contribution in [3.05, 3.63) is 99.7 Å². The van der Waals surface area contributed by atoms with Crippen LogP contribution in [0.5, 0.6) is 0 Å². The second-order valence-electron chi connectivity index (χ2n) is 15.2. The lowest BCUT2D eigenvalue weighted by Gasteiger charge is -2.34. The van der Waals surface area contributed by atoms with Crippen LogP contribution in [-0.4, -0.2) is 59.7 Å². The number of hydrogen-bond donors (Lipinski definition) is 3. The maximum absolute atomic E-state index is 15.7. The molecule has 5 heterocycles. The minimum Gasteiger partial charge on any atom is -0.357 e. The predicted octanol–water partition coefficient (Wildman–Crippen LogP) is 7.65. The van der Waals surface area contributed by atoms with E-state index in [0.29, 0.717) is 44.3 Å². The van der Waals surface area contributed by atoms with E-state index in [1.165, 1.54) is 10.7 Å². The molecule has 21 heteroatoms. The normalized spacial score (nSPS) is 17.6. The minimum absolute atomic E-state index is 0.0714. The molecular weight excluding hydrogens is 838 g/mol. The number of halogens is 7. The quantitative estimate of drug-likeness (QED) is 0.113. The van der Waals surface area contributed by atoms with Crippen LogP contribution in [0.15, 0.2) is 54.9 Å². The highest BCUT2D eigenvalue weighted by Gasteiger charge is 2.62. The molecule has 13 nitrogen and oxygen atoms in total. The van der Waals surface area contributed by atoms with E-state index < -0.39 is 75.7 Å². The van der Waals surface area contributed by atoms with Gasteiger partial charge in [0, 0.05) is 60.7 Å². The first kappa shape index (κ1) is 39.6. The van der Waals surface area contributed by atoms with Crippen LogP contribution in [0.2, 0.25) is 5.02 Å². The van der Waals surface area contributed by atoms with Crippen molar-refractivity contribution in [1.29, 1.82) is 0 Å². The number of H-pyrrole nitrogens is 1. The number of rotatable bonds is 11. The molecule has 2 aliphatic rings. The van der Waals surface area contributed by atoms with Crippen molar-refractivity contribution < 1.29 is 39.6 Å². The molecule has 1 saturated carbocycles. The summed E-state index contributed by atoms with van der Waals surface area (Å²) in [5, 5.41) is 11.3. The number of nitrogens with zero attached hydrogens (tertiary/aromatic N) is 7. The molecular formula is C39H33ClF6N10O3S. The number of alkyl halides is 4. The van der Waals surface area contributed by atoms with Gasteiger partial charge in [-0.1, -0.05) is 17.7 Å². The van der Waals surface area contributed by atoms with Crippen molar-refractivity contribution >= 4 is 55.4 Å². The van der Waals surface area contributed by atoms with Crippen LogP contribution in [0, 0.1) is 17.6 Å². The molecule has 60 heavy (non-hydrogen) atoms. The van der Waals surface area contributed by atoms with Gasteiger partial charge in [0.05, 0.1) is 39.4 Å². The first-order valence-electron chi connectivity index (χ1n) is 18.5. The Morgan fingerprint density at radius 2 is 1.77 bits per heavy atom. The minimum atomic E-state index is -3.84. The van der Waals surface area contributed by atoms with E-state index in [1.54, 1.807) is 19.2 Å². The maximum Gasteiger partial charge on any atom is 0.293 e. The zero-order valence-electron chi connectivity index (χ0n) is 31.7. The number of carbonyl (C=O) groups is 1. The molecule has 0 radical (unpaired) electrons. The summed E-state index contributed by atoms with van der Waals surface area (Å²) in [6.45, 7) is -0.899. The Bertz CT molecular complexity index is 2990. The van der Waals surface area contributed by atoms with Crippen LogP contribution < -0.4 is 10.0 Å². The average Bonchev–Trinajstić information content (AvgIpc) is 3.92. The third kappa shape index (κ3) is 6.74. The number of hydrogen-bond acceptors (Lipinski definition) is 7. The van der Waals surface area contributed by atoms with Gasteiger partial charge in [-0.3, -0.25) is 18.9 Å². The predicted molar refractivity (Wildman–Crippen MR) is 209 cm³/mol. The highest BCUT2D eigenvalue weighted by Crippen LogP contribution is 2.63. The second-order valence-corrected chi connectivity index (χ2v) is 17.4. The molecule has 0 aliphatic heterocycles. The van der Waals surface area contributed by atoms with Gasteiger partial charge >= 0.3 is 0 Å². The zero-order chi connectivity index (χ0) is 42.6. The second kappa shape index (κ2) is 14.1. The molecule has 5 aromatic heterocycles. The lowest BCUT2D eigenvalue weighted by atomic mass is 9.73. The third-order valence-corrected chi connectivity index (χ3v) is 12.0. The van der Waals surface area contributed by atoms with Crippen LogP contribution >= 0.6 is 11.6 Å². The summed E-state index contributed by atoms with van der Waals surface area (Å²) in [4.78, 5) is 27.0. The molecule has 0 bridgehead atoms. The summed E-state index contributed by atoms with van der Waals surface area (Å²) in [6, 6.07) is 8.10. The van der Waals surface area contributed by atoms with Gasteiger partial charge in [0.1, 0.15) is 35.4 Å². The van der Waals surface area contributed by atoms with Gasteiger partial charge in [-0.15, -0.1) is 0 Å². The fraction of sp³-hybridized carbons (Fsp3) is 0.308. The van der Waals surface area contributed by atoms with Crippen molar-refractivity contribution in [2.75, 3.05) is 11.0 Å². The van der Waals surface area contributed by atoms with Crippen LogP contribution in [0.4, 0.5) is 32.2 Å². The number of benzene rings is 2. The number of fused-ring (bicyclic) bond motifs is 5. The standard InChI is InChI=1S/C39H33ClF6N10O3S/c1-54-9-8-18(15-54)36-48-27-14-23(21-5-7-25(40)30-33(21)55(2)52-38(30)53-60(3,58)59)31(49-37(27)50-36)26(12-17-10-19(41)13-20(42)11-17)47-28(57)16-56-34-29(32(51-56)35(43)44)22-4-6-24(22)39(34,45)46/h5,7-11,13-15,22,24,26,35H,4,6,12,16H2,1-3H3,(H,47,57)(H,52,53)(H,48,49,50)/t22-,24+,26-/m0/s1. The molecule has 7 aromatic rings. The molecule has 2 aromatic carbocycles. The lowest BCUT2D eigenvalue weighted by molar-refractivity contribution is -0.123. The van der Waals surface area contributed by atoms with Gasteiger partial charge in [-0.05, 0) is 61.1 Å². The number of nitrogens with one attached hydrogen (secondary N) is 3. The number of imidazole rings is 1. The molecule has 3 atom stereocenters. The number of aromatic amines is 1. The van der Waals surface area contributed by atoms with Gasteiger partial charge in [0.15, 0.2) is 11.5 Å². The number of amides is 1. The average molecular weight is 871 g/mol. The van der Waals surface area contributed by atoms with E-state index in [1.807, 2.05) is 30.1 Å². The Morgan fingerprint density at radius 1 is 1.02 bits per heavy atom. The van der Waals surface area contributed by atoms with Crippen molar-refractivity contribution in [2.24, 2.45) is 20.0 Å². The molecule has 1 amide bonds. The van der Waals surface area contributed by atoms with Crippen LogP contribution in [-0.2, 0) is 47.8 Å². The molecule has 0 unspecified atom stereocenters. The number of aromatic nitrogens is 8. The van der Waals surface area contributed by atoms with Crippen molar-refractivity contribution in [1.82, 2.24) is 44.4 Å². The van der Waals surface area contributed by atoms with Crippen molar-refractivity contribution in [3.8, 4) is 22.5 Å². The zero-order valence-corrected chi connectivity index (χ0v) is 33.3. The van der Waals surface area contributed by atoms with Crippen LogP contribution in [0.25, 0.3) is 44.6 Å². The Balaban J connectivity index is 1.22. The van der Waals surface area contributed by atoms with Gasteiger partial charge in [0.25, 0.3) is 12.3 Å². The Kier molecular flexibility index (Phi) is 9.30.